The minimum absolute atomic E-state index is 0.132. The lowest BCUT2D eigenvalue weighted by molar-refractivity contribution is 0.249. The van der Waals surface area contributed by atoms with E-state index < -0.39 is 6.03 Å². The Morgan fingerprint density at radius 1 is 1.55 bits per heavy atom. The number of aromatic nitrogens is 2. The minimum Gasteiger partial charge on any atom is -0.337 e. The summed E-state index contributed by atoms with van der Waals surface area (Å²) in [5, 5.41) is 5.21. The van der Waals surface area contributed by atoms with Crippen LogP contribution in [0.4, 0.5) is 10.7 Å². The van der Waals surface area contributed by atoms with E-state index in [1.165, 1.54) is 6.07 Å². The highest BCUT2D eigenvalue weighted by Gasteiger charge is 2.06. The van der Waals surface area contributed by atoms with Gasteiger partial charge < -0.3 is 5.32 Å². The number of urea groups is 1. The van der Waals surface area contributed by atoms with Gasteiger partial charge in [-0.25, -0.2) is 9.78 Å². The zero-order valence-corrected chi connectivity index (χ0v) is 13.1. The van der Waals surface area contributed by atoms with Crippen LogP contribution in [-0.2, 0) is 0 Å². The van der Waals surface area contributed by atoms with Gasteiger partial charge in [0.25, 0.3) is 5.56 Å². The summed E-state index contributed by atoms with van der Waals surface area (Å²) >= 11 is 0. The van der Waals surface area contributed by atoms with Gasteiger partial charge in [-0.2, -0.15) is 0 Å². The first-order valence-electron chi connectivity index (χ1n) is 7.01. The summed E-state index contributed by atoms with van der Waals surface area (Å²) in [6.07, 6.45) is 1.81. The summed E-state index contributed by atoms with van der Waals surface area (Å²) in [6, 6.07) is 0.941. The topological polar surface area (TPSA) is 90.1 Å². The third kappa shape index (κ3) is 6.85. The number of hydrogen-bond acceptors (Lipinski definition) is 4. The fraction of sp³-hybridized carbons (Fsp3) is 0.400. The second-order valence-corrected chi connectivity index (χ2v) is 5.10. The molecule has 120 valence electrons. The van der Waals surface area contributed by atoms with Crippen molar-refractivity contribution in [2.45, 2.75) is 13.8 Å². The number of hydrogen-bond donors (Lipinski definition) is 3. The Morgan fingerprint density at radius 3 is 2.86 bits per heavy atom. The highest BCUT2D eigenvalue weighted by Crippen LogP contribution is 1.97. The van der Waals surface area contributed by atoms with Crippen molar-refractivity contribution in [2.24, 2.45) is 0 Å². The van der Waals surface area contributed by atoms with Crippen LogP contribution in [0.2, 0.25) is 0 Å². The van der Waals surface area contributed by atoms with Crippen LogP contribution in [0.3, 0.4) is 0 Å². The molecule has 0 saturated carbocycles. The van der Waals surface area contributed by atoms with E-state index in [0.717, 1.165) is 18.7 Å². The summed E-state index contributed by atoms with van der Waals surface area (Å²) in [5.74, 6) is 0.132. The molecule has 1 heterocycles. The first-order chi connectivity index (χ1) is 10.4. The molecule has 3 N–H and O–H groups in total. The number of carbonyl (C=O) groups is 1. The molecule has 1 aromatic heterocycles. The molecule has 0 atom stereocenters. The maximum Gasteiger partial charge on any atom is 0.321 e. The van der Waals surface area contributed by atoms with Gasteiger partial charge >= 0.3 is 6.03 Å². The fourth-order valence-corrected chi connectivity index (χ4v) is 1.92. The first-order valence-corrected chi connectivity index (χ1v) is 7.01. The molecule has 0 bridgehead atoms. The van der Waals surface area contributed by atoms with Crippen molar-refractivity contribution >= 4 is 12.0 Å². The Labute approximate surface area is 130 Å². The van der Waals surface area contributed by atoms with Crippen LogP contribution in [0.5, 0.6) is 0 Å². The van der Waals surface area contributed by atoms with Crippen molar-refractivity contribution in [3.8, 4) is 0 Å². The lowest BCUT2D eigenvalue weighted by Crippen LogP contribution is -2.38. The number of H-pyrrole nitrogens is 1. The number of aryl methyl sites for hydroxylation is 1. The molecule has 7 heteroatoms. The molecule has 0 radical (unpaired) electrons. The molecular weight excluding hydrogens is 282 g/mol. The van der Waals surface area contributed by atoms with E-state index in [4.69, 9.17) is 0 Å². The number of amides is 2. The molecule has 1 rings (SSSR count). The largest absolute Gasteiger partial charge is 0.337 e. The Hall–Kier alpha value is -2.41. The average molecular weight is 305 g/mol. The summed E-state index contributed by atoms with van der Waals surface area (Å²) in [6.45, 7) is 13.8. The standard InChI is InChI=1S/C15H23N5O2/c1-5-7-20(10-11(2)3)8-6-16-15(22)19-14-17-12(4)9-13(21)18-14/h5,9H,1-2,6-8,10H2,3-4H3,(H3,16,17,18,19,21,22). The van der Waals surface area contributed by atoms with Gasteiger partial charge in [0.15, 0.2) is 0 Å². The van der Waals surface area contributed by atoms with E-state index in [9.17, 15) is 9.59 Å². The number of carbonyl (C=O) groups excluding carboxylic acids is 1. The van der Waals surface area contributed by atoms with Crippen LogP contribution in [0.1, 0.15) is 12.6 Å². The van der Waals surface area contributed by atoms with Crippen LogP contribution in [0.15, 0.2) is 35.7 Å². The van der Waals surface area contributed by atoms with Crippen LogP contribution < -0.4 is 16.2 Å². The molecular formula is C15H23N5O2. The van der Waals surface area contributed by atoms with Gasteiger partial charge in [-0.15, -0.1) is 6.58 Å². The molecule has 0 saturated heterocycles. The maximum atomic E-state index is 11.8. The lowest BCUT2D eigenvalue weighted by atomic mass is 10.3. The maximum absolute atomic E-state index is 11.8. The molecule has 0 fully saturated rings. The van der Waals surface area contributed by atoms with E-state index in [1.807, 2.05) is 13.0 Å². The monoisotopic (exact) mass is 305 g/mol. The van der Waals surface area contributed by atoms with Gasteiger partial charge in [-0.1, -0.05) is 18.2 Å². The number of nitrogens with one attached hydrogen (secondary N) is 3. The quantitative estimate of drug-likeness (QED) is 0.631. The number of nitrogens with zero attached hydrogens (tertiary/aromatic N) is 2. The second-order valence-electron chi connectivity index (χ2n) is 5.10. The van der Waals surface area contributed by atoms with E-state index in [0.29, 0.717) is 18.8 Å². The van der Waals surface area contributed by atoms with Crippen molar-refractivity contribution < 1.29 is 4.79 Å². The van der Waals surface area contributed by atoms with Crippen molar-refractivity contribution in [1.29, 1.82) is 0 Å². The zero-order valence-electron chi connectivity index (χ0n) is 13.1. The van der Waals surface area contributed by atoms with Gasteiger partial charge in [-0.3, -0.25) is 20.0 Å². The molecule has 2 amide bonds. The molecule has 22 heavy (non-hydrogen) atoms. The predicted molar refractivity (Wildman–Crippen MR) is 88.1 cm³/mol. The molecule has 0 aliphatic heterocycles. The smallest absolute Gasteiger partial charge is 0.321 e. The third-order valence-electron chi connectivity index (χ3n) is 2.70. The third-order valence-corrected chi connectivity index (χ3v) is 2.70. The lowest BCUT2D eigenvalue weighted by Gasteiger charge is -2.20. The molecule has 7 nitrogen and oxygen atoms in total. The SMILES string of the molecule is C=CCN(CCNC(=O)Nc1nc(C)cc(=O)[nH]1)CC(=C)C. The Balaban J connectivity index is 2.43. The average Bonchev–Trinajstić information content (AvgIpc) is 2.36. The molecule has 0 aliphatic rings. The van der Waals surface area contributed by atoms with E-state index >= 15 is 0 Å². The van der Waals surface area contributed by atoms with Gasteiger partial charge in [0.1, 0.15) is 0 Å². The molecule has 0 aliphatic carbocycles. The van der Waals surface area contributed by atoms with Crippen molar-refractivity contribution in [2.75, 3.05) is 31.5 Å². The molecule has 1 aromatic rings. The second kappa shape index (κ2) is 8.78. The first kappa shape index (κ1) is 17.6. The fourth-order valence-electron chi connectivity index (χ4n) is 1.92. The van der Waals surface area contributed by atoms with Crippen molar-refractivity contribution in [1.82, 2.24) is 20.2 Å². The highest BCUT2D eigenvalue weighted by molar-refractivity contribution is 5.87. The van der Waals surface area contributed by atoms with Gasteiger partial charge in [0.05, 0.1) is 0 Å². The zero-order chi connectivity index (χ0) is 16.5. The summed E-state index contributed by atoms with van der Waals surface area (Å²) in [5.41, 5.74) is 1.28. The predicted octanol–water partition coefficient (Wildman–Crippen LogP) is 1.26. The Bertz CT molecular complexity index is 594. The van der Waals surface area contributed by atoms with Crippen LogP contribution in [0.25, 0.3) is 0 Å². The van der Waals surface area contributed by atoms with Crippen LogP contribution >= 0.6 is 0 Å². The van der Waals surface area contributed by atoms with E-state index in [-0.39, 0.29) is 11.5 Å². The van der Waals surface area contributed by atoms with Gasteiger partial charge in [-0.05, 0) is 13.8 Å². The van der Waals surface area contributed by atoms with Gasteiger partial charge in [0, 0.05) is 37.9 Å². The van der Waals surface area contributed by atoms with Crippen molar-refractivity contribution in [3.63, 3.8) is 0 Å². The highest BCUT2D eigenvalue weighted by atomic mass is 16.2. The van der Waals surface area contributed by atoms with Gasteiger partial charge in [0.2, 0.25) is 5.95 Å². The van der Waals surface area contributed by atoms with Crippen molar-refractivity contribution in [3.05, 3.63) is 46.9 Å². The summed E-state index contributed by atoms with van der Waals surface area (Å²) in [4.78, 5) is 31.6. The van der Waals surface area contributed by atoms with E-state index in [2.05, 4.69) is 38.7 Å². The molecule has 0 unspecified atom stereocenters. The normalized spacial score (nSPS) is 10.3. The number of rotatable bonds is 8. The number of aromatic amines is 1. The molecule has 0 aromatic carbocycles. The summed E-state index contributed by atoms with van der Waals surface area (Å²) < 4.78 is 0. The van der Waals surface area contributed by atoms with E-state index in [1.54, 1.807) is 6.92 Å². The summed E-state index contributed by atoms with van der Waals surface area (Å²) in [7, 11) is 0. The molecule has 0 spiro atoms. The van der Waals surface area contributed by atoms with Crippen LogP contribution in [0, 0.1) is 6.92 Å². The van der Waals surface area contributed by atoms with Crippen LogP contribution in [-0.4, -0.2) is 47.1 Å². The Kier molecular flexibility index (Phi) is 7.04. The minimum atomic E-state index is -0.414. The number of anilines is 1. The Morgan fingerprint density at radius 2 is 2.27 bits per heavy atom.